The average molecular weight is 721 g/mol. The fourth-order valence-electron chi connectivity index (χ4n) is 4.28. The lowest BCUT2D eigenvalue weighted by molar-refractivity contribution is -0.387. The molecule has 0 aliphatic rings. The SMILES string of the molecule is COc1cc2ncnc(Nc3ccc(F)c(Cl)c3F)c2cc1[N+](=O)[O-].O=[N+]([O-])c1cc2c(Nc3ccc(F)c(Cl)c3F)ncnc2cc1F. The van der Waals surface area contributed by atoms with E-state index in [2.05, 4.69) is 30.6 Å². The van der Waals surface area contributed by atoms with Crippen molar-refractivity contribution >= 4 is 79.4 Å². The van der Waals surface area contributed by atoms with Crippen molar-refractivity contribution in [2.75, 3.05) is 17.7 Å². The smallest absolute Gasteiger partial charge is 0.311 e. The van der Waals surface area contributed by atoms with Gasteiger partial charge >= 0.3 is 11.4 Å². The van der Waals surface area contributed by atoms with Gasteiger partial charge in [-0.3, -0.25) is 20.2 Å². The van der Waals surface area contributed by atoms with Gasteiger partial charge in [0, 0.05) is 24.3 Å². The van der Waals surface area contributed by atoms with E-state index in [4.69, 9.17) is 27.9 Å². The summed E-state index contributed by atoms with van der Waals surface area (Å²) in [7, 11) is 1.30. The molecule has 0 atom stereocenters. The fourth-order valence-corrected chi connectivity index (χ4v) is 4.61. The number of methoxy groups -OCH3 is 1. The van der Waals surface area contributed by atoms with Crippen LogP contribution in [0.2, 0.25) is 10.0 Å². The number of anilines is 4. The molecule has 2 aromatic heterocycles. The monoisotopic (exact) mass is 720 g/mol. The van der Waals surface area contributed by atoms with E-state index < -0.39 is 54.7 Å². The van der Waals surface area contributed by atoms with Crippen LogP contribution in [0.4, 0.5) is 56.3 Å². The molecule has 0 spiro atoms. The van der Waals surface area contributed by atoms with Gasteiger partial charge in [0.15, 0.2) is 17.4 Å². The molecule has 13 nitrogen and oxygen atoms in total. The maximum absolute atomic E-state index is 14.1. The number of hydrogen-bond acceptors (Lipinski definition) is 11. The van der Waals surface area contributed by atoms with Crippen LogP contribution in [-0.2, 0) is 0 Å². The van der Waals surface area contributed by atoms with Gasteiger partial charge in [-0.25, -0.2) is 37.5 Å². The molecule has 0 saturated carbocycles. The molecular formula is C29H15Cl2F5N8O5. The molecule has 2 heterocycles. The molecule has 0 aliphatic heterocycles. The Morgan fingerprint density at radius 3 is 1.55 bits per heavy atom. The molecule has 4 aromatic carbocycles. The molecule has 0 fully saturated rings. The van der Waals surface area contributed by atoms with Crippen LogP contribution in [0, 0.1) is 49.3 Å². The third-order valence-corrected chi connectivity index (χ3v) is 7.30. The number of nitrogens with one attached hydrogen (secondary N) is 2. The van der Waals surface area contributed by atoms with Gasteiger partial charge in [-0.2, -0.15) is 4.39 Å². The number of fused-ring (bicyclic) bond motifs is 2. The number of ether oxygens (including phenoxy) is 1. The van der Waals surface area contributed by atoms with E-state index in [1.54, 1.807) is 0 Å². The number of benzene rings is 4. The number of nitrogens with zero attached hydrogens (tertiary/aromatic N) is 6. The Morgan fingerprint density at radius 2 is 1.10 bits per heavy atom. The molecule has 2 N–H and O–H groups in total. The van der Waals surface area contributed by atoms with E-state index >= 15 is 0 Å². The third kappa shape index (κ3) is 6.99. The maximum Gasteiger partial charge on any atom is 0.311 e. The highest BCUT2D eigenvalue weighted by Gasteiger charge is 2.21. The summed E-state index contributed by atoms with van der Waals surface area (Å²) in [5.41, 5.74) is -1.00. The highest BCUT2D eigenvalue weighted by Crippen LogP contribution is 2.36. The third-order valence-electron chi connectivity index (χ3n) is 6.61. The first-order valence-corrected chi connectivity index (χ1v) is 13.9. The summed E-state index contributed by atoms with van der Waals surface area (Å²) in [4.78, 5) is 36.1. The van der Waals surface area contributed by atoms with Gasteiger partial charge in [-0.15, -0.1) is 0 Å². The van der Waals surface area contributed by atoms with Crippen molar-refractivity contribution in [3.05, 3.63) is 121 Å². The molecule has 6 rings (SSSR count). The standard InChI is InChI=1S/C15H9ClF2N4O3.C14H6ClF3N4O2/c1-25-12-5-10-7(4-11(12)22(23)24)15(20-6-19-10)21-9-3-2-8(17)13(16)14(9)18;15-12-7(16)1-2-9(13(12)18)21-14-6-3-11(22(23)24)8(17)4-10(6)19-5-20-14/h2-6H,1H3,(H,19,20,21);1-5H,(H,19,20,21). The predicted molar refractivity (Wildman–Crippen MR) is 168 cm³/mol. The van der Waals surface area contributed by atoms with Crippen molar-refractivity contribution in [3.8, 4) is 5.75 Å². The van der Waals surface area contributed by atoms with E-state index in [0.29, 0.717) is 5.52 Å². The Balaban J connectivity index is 0.000000191. The lowest BCUT2D eigenvalue weighted by Crippen LogP contribution is -2.01. The molecule has 49 heavy (non-hydrogen) atoms. The van der Waals surface area contributed by atoms with Gasteiger partial charge in [-0.1, -0.05) is 23.2 Å². The molecule has 0 bridgehead atoms. The summed E-state index contributed by atoms with van der Waals surface area (Å²) in [5.74, 6) is -4.87. The number of nitro groups is 2. The van der Waals surface area contributed by atoms with Crippen LogP contribution in [0.3, 0.4) is 0 Å². The normalized spacial score (nSPS) is 10.8. The lowest BCUT2D eigenvalue weighted by Gasteiger charge is -2.11. The molecule has 0 radical (unpaired) electrons. The minimum Gasteiger partial charge on any atom is -0.490 e. The topological polar surface area (TPSA) is 171 Å². The summed E-state index contributed by atoms with van der Waals surface area (Å²) in [6.07, 6.45) is 2.26. The van der Waals surface area contributed by atoms with Crippen molar-refractivity contribution in [1.82, 2.24) is 19.9 Å². The molecule has 0 saturated heterocycles. The van der Waals surface area contributed by atoms with Crippen LogP contribution < -0.4 is 15.4 Å². The van der Waals surface area contributed by atoms with Gasteiger partial charge < -0.3 is 15.4 Å². The summed E-state index contributed by atoms with van der Waals surface area (Å²) < 4.78 is 73.1. The highest BCUT2D eigenvalue weighted by molar-refractivity contribution is 6.31. The van der Waals surface area contributed by atoms with E-state index in [-0.39, 0.29) is 50.7 Å². The molecule has 0 amide bonds. The van der Waals surface area contributed by atoms with Crippen molar-refractivity contribution in [2.24, 2.45) is 0 Å². The summed E-state index contributed by atoms with van der Waals surface area (Å²) in [6, 6.07) is 8.53. The molecule has 250 valence electrons. The second kappa shape index (κ2) is 14.0. The summed E-state index contributed by atoms with van der Waals surface area (Å²) >= 11 is 11.0. The van der Waals surface area contributed by atoms with Gasteiger partial charge in [0.25, 0.3) is 0 Å². The van der Waals surface area contributed by atoms with Crippen molar-refractivity contribution in [1.29, 1.82) is 0 Å². The van der Waals surface area contributed by atoms with E-state index in [0.717, 1.165) is 42.7 Å². The zero-order chi connectivity index (χ0) is 35.6. The van der Waals surface area contributed by atoms with Crippen molar-refractivity contribution < 1.29 is 36.5 Å². The van der Waals surface area contributed by atoms with Crippen LogP contribution in [0.1, 0.15) is 0 Å². The molecule has 6 aromatic rings. The molecule has 20 heteroatoms. The number of nitro benzene ring substituents is 2. The predicted octanol–water partition coefficient (Wildman–Crippen LogP) is 8.57. The van der Waals surface area contributed by atoms with Gasteiger partial charge in [0.1, 0.15) is 46.0 Å². The van der Waals surface area contributed by atoms with Crippen LogP contribution in [0.25, 0.3) is 21.8 Å². The quantitative estimate of drug-likeness (QED) is 0.0700. The van der Waals surface area contributed by atoms with Gasteiger partial charge in [0.2, 0.25) is 5.82 Å². The maximum atomic E-state index is 14.1. The first-order chi connectivity index (χ1) is 23.3. The summed E-state index contributed by atoms with van der Waals surface area (Å²) in [6.45, 7) is 0. The molecule has 0 aliphatic carbocycles. The van der Waals surface area contributed by atoms with Crippen molar-refractivity contribution in [3.63, 3.8) is 0 Å². The fraction of sp³-hybridized carbons (Fsp3) is 0.0345. The van der Waals surface area contributed by atoms with E-state index in [9.17, 15) is 42.2 Å². The number of rotatable bonds is 7. The van der Waals surface area contributed by atoms with Crippen LogP contribution >= 0.6 is 23.2 Å². The first-order valence-electron chi connectivity index (χ1n) is 13.2. The molecule has 0 unspecified atom stereocenters. The number of halogens is 7. The zero-order valence-electron chi connectivity index (χ0n) is 24.1. The van der Waals surface area contributed by atoms with Gasteiger partial charge in [-0.05, 0) is 24.3 Å². The van der Waals surface area contributed by atoms with Crippen LogP contribution in [-0.4, -0.2) is 36.9 Å². The minimum absolute atomic E-state index is 0.0234. The minimum atomic E-state index is -1.06. The van der Waals surface area contributed by atoms with Crippen LogP contribution in [0.15, 0.2) is 61.2 Å². The number of aromatic nitrogens is 4. The lowest BCUT2D eigenvalue weighted by atomic mass is 10.2. The molecular weight excluding hydrogens is 706 g/mol. The first kappa shape index (κ1) is 34.3. The Labute approximate surface area is 279 Å². The zero-order valence-corrected chi connectivity index (χ0v) is 25.7. The average Bonchev–Trinajstić information content (AvgIpc) is 3.08. The Kier molecular flexibility index (Phi) is 9.81. The Hall–Kier alpha value is -6.01. The van der Waals surface area contributed by atoms with Gasteiger partial charge in [0.05, 0.1) is 50.1 Å². The Morgan fingerprint density at radius 1 is 0.653 bits per heavy atom. The summed E-state index contributed by atoms with van der Waals surface area (Å²) in [5, 5.41) is 26.2. The van der Waals surface area contributed by atoms with E-state index in [1.807, 2.05) is 0 Å². The number of hydrogen-bond donors (Lipinski definition) is 2. The largest absolute Gasteiger partial charge is 0.490 e. The van der Waals surface area contributed by atoms with Crippen molar-refractivity contribution in [2.45, 2.75) is 0 Å². The second-order valence-corrected chi connectivity index (χ2v) is 10.3. The van der Waals surface area contributed by atoms with Crippen LogP contribution in [0.5, 0.6) is 5.75 Å². The highest BCUT2D eigenvalue weighted by atomic mass is 35.5. The second-order valence-electron chi connectivity index (χ2n) is 9.52. The van der Waals surface area contributed by atoms with E-state index in [1.165, 1.54) is 25.6 Å². The Bertz CT molecular complexity index is 2300.